The lowest BCUT2D eigenvalue weighted by atomic mass is 9.46. The minimum atomic E-state index is -1.73. The van der Waals surface area contributed by atoms with Crippen molar-refractivity contribution >= 4 is 23.3 Å². The van der Waals surface area contributed by atoms with Crippen molar-refractivity contribution in [3.05, 3.63) is 54.0 Å². The number of Topliss-reactive ketones (excluding diaryl/α,β-unsaturated/α-hetero) is 1. The van der Waals surface area contributed by atoms with Crippen molar-refractivity contribution in [3.8, 4) is 11.4 Å². The zero-order chi connectivity index (χ0) is 29.2. The molecular formula is C31H35N3O7. The van der Waals surface area contributed by atoms with Gasteiger partial charge < -0.3 is 19.5 Å². The second-order valence-electron chi connectivity index (χ2n) is 12.5. The fraction of sp³-hybridized carbons (Fsp3) is 0.516. The van der Waals surface area contributed by atoms with Gasteiger partial charge in [-0.1, -0.05) is 42.8 Å². The number of anilines is 1. The Morgan fingerprint density at radius 2 is 2.05 bits per heavy atom. The number of hydrogen-bond donors (Lipinski definition) is 3. The van der Waals surface area contributed by atoms with Crippen LogP contribution in [0.2, 0.25) is 0 Å². The normalized spacial score (nSPS) is 35.6. The van der Waals surface area contributed by atoms with Crippen LogP contribution in [0.25, 0.3) is 11.4 Å². The summed E-state index contributed by atoms with van der Waals surface area (Å²) in [6.07, 6.45) is 6.31. The maximum Gasteiger partial charge on any atom is 0.412 e. The third-order valence-corrected chi connectivity index (χ3v) is 10.3. The average molecular weight is 562 g/mol. The van der Waals surface area contributed by atoms with Crippen LogP contribution in [0.15, 0.2) is 52.6 Å². The predicted octanol–water partition coefficient (Wildman–Crippen LogP) is 4.17. The first-order valence-electron chi connectivity index (χ1n) is 14.2. The molecule has 2 aromatic rings. The van der Waals surface area contributed by atoms with Crippen molar-refractivity contribution < 1.29 is 33.9 Å². The molecule has 6 rings (SSSR count). The smallest absolute Gasteiger partial charge is 0.412 e. The molecule has 0 saturated heterocycles. The summed E-state index contributed by atoms with van der Waals surface area (Å²) in [6, 6.07) is 6.81. The van der Waals surface area contributed by atoms with Crippen molar-refractivity contribution in [2.45, 2.75) is 64.6 Å². The minimum Gasteiger partial charge on any atom is -0.441 e. The van der Waals surface area contributed by atoms with Crippen LogP contribution in [0.5, 0.6) is 0 Å². The van der Waals surface area contributed by atoms with Gasteiger partial charge in [0.2, 0.25) is 17.5 Å². The number of rotatable bonds is 5. The highest BCUT2D eigenvalue weighted by atomic mass is 16.6. The number of nitrogens with zero attached hydrogens (tertiary/aromatic N) is 2. The number of nitrogens with one attached hydrogen (secondary N) is 1. The molecule has 216 valence electrons. The number of aryl methyl sites for hydroxylation is 1. The number of benzene rings is 1. The fourth-order valence-electron chi connectivity index (χ4n) is 8.35. The second-order valence-corrected chi connectivity index (χ2v) is 12.5. The molecule has 6 unspecified atom stereocenters. The number of carbonyl (C=O) groups is 3. The van der Waals surface area contributed by atoms with Crippen molar-refractivity contribution in [1.29, 1.82) is 0 Å². The number of carbonyl (C=O) groups excluding carboxylic acids is 3. The zero-order valence-corrected chi connectivity index (χ0v) is 23.4. The first kappa shape index (κ1) is 27.5. The van der Waals surface area contributed by atoms with E-state index in [-0.39, 0.29) is 36.4 Å². The molecule has 41 heavy (non-hydrogen) atoms. The van der Waals surface area contributed by atoms with E-state index in [0.29, 0.717) is 29.4 Å². The zero-order valence-electron chi connectivity index (χ0n) is 23.4. The maximum absolute atomic E-state index is 13.5. The highest BCUT2D eigenvalue weighted by Gasteiger charge is 2.68. The number of ketones is 2. The third-order valence-electron chi connectivity index (χ3n) is 10.3. The first-order valence-corrected chi connectivity index (χ1v) is 14.2. The van der Waals surface area contributed by atoms with Gasteiger partial charge in [0, 0.05) is 34.9 Å². The van der Waals surface area contributed by atoms with E-state index >= 15 is 0 Å². The van der Waals surface area contributed by atoms with Crippen LogP contribution in [-0.4, -0.2) is 56.3 Å². The molecule has 0 radical (unpaired) electrons. The molecule has 1 heterocycles. The van der Waals surface area contributed by atoms with Gasteiger partial charge in [0.15, 0.2) is 12.4 Å². The fourth-order valence-corrected chi connectivity index (χ4v) is 8.35. The largest absolute Gasteiger partial charge is 0.441 e. The molecule has 1 aromatic carbocycles. The van der Waals surface area contributed by atoms with E-state index in [0.717, 1.165) is 18.4 Å². The summed E-state index contributed by atoms with van der Waals surface area (Å²) < 4.78 is 10.3. The maximum atomic E-state index is 13.5. The summed E-state index contributed by atoms with van der Waals surface area (Å²) in [5, 5.41) is 29.8. The van der Waals surface area contributed by atoms with E-state index in [9.17, 15) is 24.6 Å². The molecule has 3 N–H and O–H groups in total. The minimum absolute atomic E-state index is 0.0135. The Bertz CT molecular complexity index is 1480. The van der Waals surface area contributed by atoms with Crippen molar-refractivity contribution in [2.24, 2.45) is 28.6 Å². The van der Waals surface area contributed by atoms with E-state index in [2.05, 4.69) is 22.4 Å². The number of aliphatic hydroxyl groups is 2. The highest BCUT2D eigenvalue weighted by Crippen LogP contribution is 2.67. The summed E-state index contributed by atoms with van der Waals surface area (Å²) >= 11 is 0. The van der Waals surface area contributed by atoms with Gasteiger partial charge in [-0.25, -0.2) is 4.79 Å². The molecule has 1 amide bonds. The number of aliphatic hydroxyl groups excluding tert-OH is 1. The van der Waals surface area contributed by atoms with Crippen molar-refractivity contribution in [2.75, 3.05) is 11.9 Å². The van der Waals surface area contributed by atoms with E-state index in [1.807, 2.05) is 13.0 Å². The van der Waals surface area contributed by atoms with Gasteiger partial charge in [-0.3, -0.25) is 14.9 Å². The molecule has 10 nitrogen and oxygen atoms in total. The lowest BCUT2D eigenvalue weighted by molar-refractivity contribution is -0.178. The lowest BCUT2D eigenvalue weighted by Crippen LogP contribution is -2.61. The van der Waals surface area contributed by atoms with Crippen LogP contribution in [0, 0.1) is 35.5 Å². The number of aromatic nitrogens is 2. The molecule has 0 spiro atoms. The summed E-state index contributed by atoms with van der Waals surface area (Å²) in [5.41, 5.74) is -0.908. The highest BCUT2D eigenvalue weighted by molar-refractivity contribution is 6.01. The topological polar surface area (TPSA) is 152 Å². The standard InChI is InChI=1S/C31H35N3O7/c1-17-32-27(34-41-17)18-5-4-6-20(13-18)33-28(38)40-16-25(37)31(39)12-10-23-22-8-7-19-14-21(35)9-11-29(19,2)26(22)24(36)15-30(23,31)3/h4-6,9,11,13-14,22-24,26,36,39H,7-8,10,12,15-16H2,1-3H3,(H,33,38)/t22?,23?,24?,26?,29?,30?,31-/m0/s1. The van der Waals surface area contributed by atoms with Crippen LogP contribution in [0.1, 0.15) is 51.8 Å². The predicted molar refractivity (Wildman–Crippen MR) is 147 cm³/mol. The Labute approximate surface area is 237 Å². The number of amides is 1. The van der Waals surface area contributed by atoms with Crippen molar-refractivity contribution in [3.63, 3.8) is 0 Å². The van der Waals surface area contributed by atoms with Gasteiger partial charge in [0.1, 0.15) is 5.60 Å². The first-order chi connectivity index (χ1) is 19.4. The van der Waals surface area contributed by atoms with Gasteiger partial charge in [-0.05, 0) is 68.2 Å². The summed E-state index contributed by atoms with van der Waals surface area (Å²) in [5.74, 6) is 0.210. The molecule has 0 bridgehead atoms. The molecule has 0 aliphatic heterocycles. The van der Waals surface area contributed by atoms with Crippen LogP contribution >= 0.6 is 0 Å². The van der Waals surface area contributed by atoms with Crippen LogP contribution < -0.4 is 5.32 Å². The number of fused-ring (bicyclic) bond motifs is 5. The van der Waals surface area contributed by atoms with E-state index < -0.39 is 41.0 Å². The Balaban J connectivity index is 1.14. The van der Waals surface area contributed by atoms with Crippen LogP contribution in [0.4, 0.5) is 10.5 Å². The molecule has 4 aliphatic carbocycles. The number of allylic oxidation sites excluding steroid dienone is 4. The summed E-state index contributed by atoms with van der Waals surface area (Å²) in [4.78, 5) is 42.3. The quantitative estimate of drug-likeness (QED) is 0.488. The molecule has 3 saturated carbocycles. The van der Waals surface area contributed by atoms with E-state index in [1.165, 1.54) is 0 Å². The van der Waals surface area contributed by atoms with E-state index in [4.69, 9.17) is 9.26 Å². The molecule has 7 atom stereocenters. The number of hydrogen-bond acceptors (Lipinski definition) is 9. The molecule has 10 heteroatoms. The third kappa shape index (κ3) is 4.35. The Morgan fingerprint density at radius 3 is 2.80 bits per heavy atom. The van der Waals surface area contributed by atoms with E-state index in [1.54, 1.807) is 43.3 Å². The Kier molecular flexibility index (Phi) is 6.54. The molecular weight excluding hydrogens is 526 g/mol. The van der Waals surface area contributed by atoms with Crippen LogP contribution in [0.3, 0.4) is 0 Å². The van der Waals surface area contributed by atoms with Gasteiger partial charge in [0.05, 0.1) is 6.10 Å². The monoisotopic (exact) mass is 561 g/mol. The molecule has 3 fully saturated rings. The Hall–Kier alpha value is -3.63. The van der Waals surface area contributed by atoms with Gasteiger partial charge in [-0.2, -0.15) is 4.98 Å². The lowest BCUT2D eigenvalue weighted by Gasteiger charge is -2.59. The Morgan fingerprint density at radius 1 is 1.24 bits per heavy atom. The second kappa shape index (κ2) is 9.73. The average Bonchev–Trinajstić information content (AvgIpc) is 3.48. The van der Waals surface area contributed by atoms with Gasteiger partial charge in [0.25, 0.3) is 0 Å². The number of ether oxygens (including phenoxy) is 1. The van der Waals surface area contributed by atoms with Crippen LogP contribution in [-0.2, 0) is 14.3 Å². The van der Waals surface area contributed by atoms with Gasteiger partial charge >= 0.3 is 6.09 Å². The summed E-state index contributed by atoms with van der Waals surface area (Å²) in [6.45, 7) is 5.07. The summed E-state index contributed by atoms with van der Waals surface area (Å²) in [7, 11) is 0. The molecule has 4 aliphatic rings. The van der Waals surface area contributed by atoms with Gasteiger partial charge in [-0.15, -0.1) is 0 Å². The van der Waals surface area contributed by atoms with Crippen molar-refractivity contribution in [1.82, 2.24) is 10.1 Å². The SMILES string of the molecule is Cc1nc(-c2cccc(NC(=O)OCC(=O)[C@@]3(O)CCC4C5CCC6=CC(=O)C=CC6(C)C5C(O)CC43C)c2)no1. The molecule has 1 aromatic heterocycles.